The highest BCUT2D eigenvalue weighted by atomic mass is 19.2. The summed E-state index contributed by atoms with van der Waals surface area (Å²) < 4.78 is 26.3. The number of nitrogens with zero attached hydrogens (tertiary/aromatic N) is 2. The zero-order valence-corrected chi connectivity index (χ0v) is 10.1. The Morgan fingerprint density at radius 2 is 1.95 bits per heavy atom. The second-order valence-electron chi connectivity index (χ2n) is 4.47. The monoisotopic (exact) mass is 270 g/mol. The number of hydrogen-bond acceptors (Lipinski definition) is 2. The van der Waals surface area contributed by atoms with E-state index < -0.39 is 11.6 Å². The van der Waals surface area contributed by atoms with Crippen LogP contribution in [-0.4, -0.2) is 19.9 Å². The lowest BCUT2D eigenvalue weighted by Crippen LogP contribution is -1.86. The zero-order chi connectivity index (χ0) is 13.7. The first-order valence-electron chi connectivity index (χ1n) is 5.99. The molecule has 0 aliphatic carbocycles. The van der Waals surface area contributed by atoms with Crippen molar-refractivity contribution in [2.75, 3.05) is 0 Å². The van der Waals surface area contributed by atoms with E-state index in [4.69, 9.17) is 0 Å². The molecule has 0 unspecified atom stereocenters. The van der Waals surface area contributed by atoms with E-state index in [-0.39, 0.29) is 0 Å². The van der Waals surface area contributed by atoms with Crippen LogP contribution in [0.3, 0.4) is 0 Å². The molecule has 0 saturated heterocycles. The number of nitrogens with one attached hydrogen (secondary N) is 2. The lowest BCUT2D eigenvalue weighted by molar-refractivity contribution is 0.509. The number of rotatable bonds is 1. The number of imidazole rings is 1. The molecule has 0 saturated carbocycles. The van der Waals surface area contributed by atoms with E-state index in [9.17, 15) is 8.78 Å². The Morgan fingerprint density at radius 1 is 1.05 bits per heavy atom. The normalized spacial score (nSPS) is 11.5. The highest BCUT2D eigenvalue weighted by Gasteiger charge is 2.11. The molecule has 3 aromatic heterocycles. The molecule has 0 fully saturated rings. The molecule has 3 heterocycles. The van der Waals surface area contributed by atoms with E-state index in [1.54, 1.807) is 12.4 Å². The number of halogens is 2. The van der Waals surface area contributed by atoms with Crippen molar-refractivity contribution in [1.82, 2.24) is 19.9 Å². The van der Waals surface area contributed by atoms with Gasteiger partial charge in [0.15, 0.2) is 11.6 Å². The van der Waals surface area contributed by atoms with Gasteiger partial charge in [-0.1, -0.05) is 0 Å². The largest absolute Gasteiger partial charge is 0.346 e. The van der Waals surface area contributed by atoms with Crippen LogP contribution in [0.25, 0.3) is 33.5 Å². The second kappa shape index (κ2) is 3.86. The van der Waals surface area contributed by atoms with Gasteiger partial charge in [0, 0.05) is 17.1 Å². The summed E-state index contributed by atoms with van der Waals surface area (Å²) in [7, 11) is 0. The first-order valence-corrected chi connectivity index (χ1v) is 5.99. The van der Waals surface area contributed by atoms with Crippen LogP contribution in [0.15, 0.2) is 36.7 Å². The summed E-state index contributed by atoms with van der Waals surface area (Å²) in [4.78, 5) is 14.7. The van der Waals surface area contributed by atoms with Crippen molar-refractivity contribution in [3.63, 3.8) is 0 Å². The summed E-state index contributed by atoms with van der Waals surface area (Å²) in [5.74, 6) is -1.29. The maximum absolute atomic E-state index is 13.3. The molecule has 0 atom stereocenters. The van der Waals surface area contributed by atoms with Gasteiger partial charge in [0.1, 0.15) is 17.0 Å². The van der Waals surface area contributed by atoms with Crippen LogP contribution in [-0.2, 0) is 0 Å². The maximum atomic E-state index is 13.3. The fourth-order valence-electron chi connectivity index (χ4n) is 2.26. The molecular weight excluding hydrogens is 262 g/mol. The van der Waals surface area contributed by atoms with E-state index >= 15 is 0 Å². The van der Waals surface area contributed by atoms with Gasteiger partial charge in [-0.2, -0.15) is 0 Å². The quantitative estimate of drug-likeness (QED) is 0.557. The van der Waals surface area contributed by atoms with E-state index in [0.717, 1.165) is 28.7 Å². The molecule has 4 aromatic rings. The SMILES string of the molecule is Fc1ccc(-c2nc3cnc4[nH]ccc4c3[nH]2)cc1F. The van der Waals surface area contributed by atoms with Gasteiger partial charge in [-0.05, 0) is 24.3 Å². The lowest BCUT2D eigenvalue weighted by Gasteiger charge is -1.97. The standard InChI is InChI=1S/C14H8F2N4/c15-9-2-1-7(5-10(9)16)13-19-11-6-18-14-8(3-4-17-14)12(11)20-13/h1-6H,(H,17,18)(H,19,20). The number of hydrogen-bond donors (Lipinski definition) is 2. The third-order valence-corrected chi connectivity index (χ3v) is 3.24. The van der Waals surface area contributed by atoms with Crippen molar-refractivity contribution < 1.29 is 8.78 Å². The summed E-state index contributed by atoms with van der Waals surface area (Å²) in [5, 5.41) is 0.906. The summed E-state index contributed by atoms with van der Waals surface area (Å²) in [5.41, 5.74) is 2.73. The Kier molecular flexibility index (Phi) is 2.14. The summed E-state index contributed by atoms with van der Waals surface area (Å²) in [6.45, 7) is 0. The molecule has 0 aliphatic rings. The molecule has 1 aromatic carbocycles. The molecule has 0 bridgehead atoms. The van der Waals surface area contributed by atoms with Crippen LogP contribution in [0.1, 0.15) is 0 Å². The predicted octanol–water partition coefficient (Wildman–Crippen LogP) is 3.38. The Balaban J connectivity index is 1.97. The Hall–Kier alpha value is -2.76. The van der Waals surface area contributed by atoms with E-state index in [1.165, 1.54) is 6.07 Å². The van der Waals surface area contributed by atoms with Gasteiger partial charge in [-0.3, -0.25) is 0 Å². The van der Waals surface area contributed by atoms with Crippen LogP contribution in [0.5, 0.6) is 0 Å². The van der Waals surface area contributed by atoms with Gasteiger partial charge in [0.25, 0.3) is 0 Å². The van der Waals surface area contributed by atoms with Crippen molar-refractivity contribution in [2.45, 2.75) is 0 Å². The summed E-state index contributed by atoms with van der Waals surface area (Å²) >= 11 is 0. The summed E-state index contributed by atoms with van der Waals surface area (Å²) in [6.07, 6.45) is 3.42. The number of benzene rings is 1. The molecule has 0 amide bonds. The number of pyridine rings is 1. The highest BCUT2D eigenvalue weighted by molar-refractivity contribution is 6.01. The van der Waals surface area contributed by atoms with Gasteiger partial charge in [0.2, 0.25) is 0 Å². The molecule has 20 heavy (non-hydrogen) atoms. The third kappa shape index (κ3) is 1.51. The predicted molar refractivity (Wildman–Crippen MR) is 71.1 cm³/mol. The van der Waals surface area contributed by atoms with Crippen LogP contribution in [0.4, 0.5) is 8.78 Å². The van der Waals surface area contributed by atoms with Gasteiger partial charge in [-0.15, -0.1) is 0 Å². The maximum Gasteiger partial charge on any atom is 0.159 e. The minimum Gasteiger partial charge on any atom is -0.346 e. The average molecular weight is 270 g/mol. The lowest BCUT2D eigenvalue weighted by atomic mass is 10.2. The fraction of sp³-hybridized carbons (Fsp3) is 0. The molecular formula is C14H8F2N4. The Morgan fingerprint density at radius 3 is 2.80 bits per heavy atom. The third-order valence-electron chi connectivity index (χ3n) is 3.24. The second-order valence-corrected chi connectivity index (χ2v) is 4.47. The molecule has 2 N–H and O–H groups in total. The van der Waals surface area contributed by atoms with Crippen molar-refractivity contribution in [1.29, 1.82) is 0 Å². The Bertz CT molecular complexity index is 939. The molecule has 0 radical (unpaired) electrons. The van der Waals surface area contributed by atoms with Crippen LogP contribution < -0.4 is 0 Å². The van der Waals surface area contributed by atoms with Gasteiger partial charge in [-0.25, -0.2) is 18.7 Å². The van der Waals surface area contributed by atoms with E-state index in [1.807, 2.05) is 6.07 Å². The van der Waals surface area contributed by atoms with Crippen molar-refractivity contribution in [2.24, 2.45) is 0 Å². The Labute approximate surface area is 111 Å². The van der Waals surface area contributed by atoms with Crippen LogP contribution >= 0.6 is 0 Å². The molecule has 98 valence electrons. The number of aromatic nitrogens is 4. The first kappa shape index (κ1) is 11.1. The van der Waals surface area contributed by atoms with Crippen molar-refractivity contribution >= 4 is 22.1 Å². The van der Waals surface area contributed by atoms with Gasteiger partial charge >= 0.3 is 0 Å². The highest BCUT2D eigenvalue weighted by Crippen LogP contribution is 2.25. The molecule has 0 spiro atoms. The number of fused-ring (bicyclic) bond motifs is 3. The molecule has 4 rings (SSSR count). The van der Waals surface area contributed by atoms with Crippen LogP contribution in [0.2, 0.25) is 0 Å². The summed E-state index contributed by atoms with van der Waals surface area (Å²) in [6, 6.07) is 5.58. The first-order chi connectivity index (χ1) is 9.72. The fourth-order valence-corrected chi connectivity index (χ4v) is 2.26. The number of aromatic amines is 2. The molecule has 0 aliphatic heterocycles. The zero-order valence-electron chi connectivity index (χ0n) is 10.1. The van der Waals surface area contributed by atoms with Crippen LogP contribution in [0, 0.1) is 11.6 Å². The molecule has 4 nitrogen and oxygen atoms in total. The van der Waals surface area contributed by atoms with Crippen molar-refractivity contribution in [3.8, 4) is 11.4 Å². The minimum atomic E-state index is -0.895. The average Bonchev–Trinajstić information content (AvgIpc) is 3.06. The smallest absolute Gasteiger partial charge is 0.159 e. The number of H-pyrrole nitrogens is 2. The van der Waals surface area contributed by atoms with Gasteiger partial charge in [0.05, 0.1) is 11.7 Å². The topological polar surface area (TPSA) is 57.4 Å². The van der Waals surface area contributed by atoms with Gasteiger partial charge < -0.3 is 9.97 Å². The minimum absolute atomic E-state index is 0.481. The van der Waals surface area contributed by atoms with Crippen molar-refractivity contribution in [3.05, 3.63) is 48.3 Å². The van der Waals surface area contributed by atoms with E-state index in [0.29, 0.717) is 16.9 Å². The van der Waals surface area contributed by atoms with E-state index in [2.05, 4.69) is 19.9 Å². The molecule has 6 heteroatoms.